The van der Waals surface area contributed by atoms with Crippen molar-refractivity contribution >= 4 is 24.0 Å². The fourth-order valence-electron chi connectivity index (χ4n) is 12.9. The van der Waals surface area contributed by atoms with Crippen molar-refractivity contribution in [1.82, 2.24) is 0 Å². The predicted octanol–water partition coefficient (Wildman–Crippen LogP) is 9.28. The first-order valence-electron chi connectivity index (χ1n) is 18.1. The molecule has 0 spiro atoms. The summed E-state index contributed by atoms with van der Waals surface area (Å²) in [6.07, 6.45) is 13.0. The largest absolute Gasteiger partial charge is 0.481 e. The minimum Gasteiger partial charge on any atom is -0.481 e. The minimum atomic E-state index is -0.593. The van der Waals surface area contributed by atoms with Gasteiger partial charge < -0.3 is 14.6 Å². The lowest BCUT2D eigenvalue weighted by atomic mass is 9.32. The molecule has 0 bridgehead atoms. The SMILES string of the molecule is C=C(C)[C@@H]1CC[C@]2(C(=O)O)CC[C@]3(C)[C@H](CC[C@@H]4[C@@]5(C)CC[C@H](OC(=O)/C=C/c6ccc(OC(C)=O)cc6)C(C)(C)[C@@H]5CC[C@]43C)[C@@H]12. The molecule has 0 heterocycles. The lowest BCUT2D eigenvalue weighted by Crippen LogP contribution is -2.67. The maximum absolute atomic E-state index is 13.1. The van der Waals surface area contributed by atoms with Gasteiger partial charge in [0.1, 0.15) is 11.9 Å². The number of rotatable bonds is 6. The van der Waals surface area contributed by atoms with E-state index >= 15 is 0 Å². The predicted molar refractivity (Wildman–Crippen MR) is 183 cm³/mol. The average molecular weight is 645 g/mol. The van der Waals surface area contributed by atoms with Crippen LogP contribution in [0.25, 0.3) is 6.08 Å². The second-order valence-electron chi connectivity index (χ2n) is 17.4. The summed E-state index contributed by atoms with van der Waals surface area (Å²) in [6, 6.07) is 7.05. The van der Waals surface area contributed by atoms with Crippen LogP contribution >= 0.6 is 0 Å². The van der Waals surface area contributed by atoms with Crippen LogP contribution in [0, 0.1) is 56.7 Å². The van der Waals surface area contributed by atoms with E-state index in [1.807, 2.05) is 12.1 Å². The highest BCUT2D eigenvalue weighted by molar-refractivity contribution is 5.87. The molecule has 0 aliphatic heterocycles. The zero-order chi connectivity index (χ0) is 34.2. The van der Waals surface area contributed by atoms with E-state index < -0.39 is 11.4 Å². The third-order valence-corrected chi connectivity index (χ3v) is 15.2. The molecule has 5 saturated carbocycles. The maximum Gasteiger partial charge on any atom is 0.331 e. The lowest BCUT2D eigenvalue weighted by Gasteiger charge is -2.72. The van der Waals surface area contributed by atoms with E-state index in [-0.39, 0.29) is 45.6 Å². The Bertz CT molecular complexity index is 1470. The van der Waals surface area contributed by atoms with Gasteiger partial charge in [-0.3, -0.25) is 9.59 Å². The van der Waals surface area contributed by atoms with Crippen LogP contribution in [-0.4, -0.2) is 29.1 Å². The van der Waals surface area contributed by atoms with E-state index in [4.69, 9.17) is 9.47 Å². The number of benzene rings is 1. The van der Waals surface area contributed by atoms with Gasteiger partial charge in [0.15, 0.2) is 0 Å². The zero-order valence-corrected chi connectivity index (χ0v) is 29.7. The van der Waals surface area contributed by atoms with E-state index in [9.17, 15) is 19.5 Å². The maximum atomic E-state index is 13.1. The number of hydrogen-bond acceptors (Lipinski definition) is 5. The van der Waals surface area contributed by atoms with Gasteiger partial charge in [-0.2, -0.15) is 0 Å². The molecule has 0 radical (unpaired) electrons. The van der Waals surface area contributed by atoms with E-state index in [2.05, 4.69) is 48.1 Å². The van der Waals surface area contributed by atoms with Crippen LogP contribution in [0.5, 0.6) is 5.75 Å². The zero-order valence-electron chi connectivity index (χ0n) is 29.7. The van der Waals surface area contributed by atoms with Gasteiger partial charge in [0.05, 0.1) is 5.41 Å². The summed E-state index contributed by atoms with van der Waals surface area (Å²) in [5.41, 5.74) is 1.62. The molecule has 10 atom stereocenters. The molecule has 1 aromatic rings. The first-order valence-corrected chi connectivity index (χ1v) is 18.1. The molecule has 1 aromatic carbocycles. The van der Waals surface area contributed by atoms with Crippen LogP contribution in [-0.2, 0) is 19.1 Å². The highest BCUT2D eigenvalue weighted by Gasteiger charge is 2.72. The summed E-state index contributed by atoms with van der Waals surface area (Å²) in [7, 11) is 0. The average Bonchev–Trinajstić information content (AvgIpc) is 3.40. The molecular formula is C41H56O6. The molecule has 5 fully saturated rings. The van der Waals surface area contributed by atoms with Gasteiger partial charge in [-0.25, -0.2) is 4.79 Å². The van der Waals surface area contributed by atoms with Gasteiger partial charge in [-0.05, 0) is 141 Å². The summed E-state index contributed by atoms with van der Waals surface area (Å²) >= 11 is 0. The van der Waals surface area contributed by atoms with Crippen molar-refractivity contribution in [1.29, 1.82) is 0 Å². The third-order valence-electron chi connectivity index (χ3n) is 15.2. The van der Waals surface area contributed by atoms with Gasteiger partial charge >= 0.3 is 17.9 Å². The summed E-state index contributed by atoms with van der Waals surface area (Å²) in [5, 5.41) is 10.7. The Labute approximate surface area is 281 Å². The Morgan fingerprint density at radius 3 is 2.17 bits per heavy atom. The summed E-state index contributed by atoms with van der Waals surface area (Å²) in [4.78, 5) is 37.3. The van der Waals surface area contributed by atoms with Crippen molar-refractivity contribution in [3.8, 4) is 5.75 Å². The number of aliphatic carboxylic acids is 1. The van der Waals surface area contributed by atoms with Gasteiger partial charge in [-0.1, -0.05) is 58.9 Å². The number of fused-ring (bicyclic) bond motifs is 7. The Hall–Kier alpha value is -2.89. The Morgan fingerprint density at radius 1 is 0.830 bits per heavy atom. The molecule has 6 nitrogen and oxygen atoms in total. The van der Waals surface area contributed by atoms with Gasteiger partial charge in [-0.15, -0.1) is 0 Å². The second-order valence-corrected chi connectivity index (χ2v) is 17.4. The fraction of sp³-hybridized carbons (Fsp3) is 0.683. The van der Waals surface area contributed by atoms with Crippen LogP contribution in [0.4, 0.5) is 0 Å². The topological polar surface area (TPSA) is 89.9 Å². The molecule has 1 N–H and O–H groups in total. The van der Waals surface area contributed by atoms with E-state index in [1.165, 1.54) is 18.6 Å². The highest BCUT2D eigenvalue weighted by atomic mass is 16.5. The van der Waals surface area contributed by atoms with Crippen LogP contribution < -0.4 is 4.74 Å². The summed E-state index contributed by atoms with van der Waals surface area (Å²) < 4.78 is 11.3. The van der Waals surface area contributed by atoms with Crippen LogP contribution in [0.3, 0.4) is 0 Å². The molecule has 6 rings (SSSR count). The van der Waals surface area contributed by atoms with E-state index in [0.29, 0.717) is 29.4 Å². The van der Waals surface area contributed by atoms with Crippen molar-refractivity contribution in [3.63, 3.8) is 0 Å². The van der Waals surface area contributed by atoms with E-state index in [1.54, 1.807) is 18.2 Å². The van der Waals surface area contributed by atoms with Gasteiger partial charge in [0.25, 0.3) is 0 Å². The Balaban J connectivity index is 1.20. The number of carbonyl (C=O) groups is 3. The molecule has 0 unspecified atom stereocenters. The normalized spacial score (nSPS) is 41.9. The number of carboxylic acids is 1. The standard InChI is InChI=1S/C41H56O6/c1-25(2)29-17-22-41(36(44)45)24-23-39(7)30(35(29)41)14-15-32-38(6)20-19-33(37(4,5)31(38)18-21-40(32,39)8)47-34(43)16-11-27-9-12-28(13-10-27)46-26(3)42/h9-13,16,29-33,35H,1,14-15,17-24H2,2-8H3,(H,44,45)/b16-11+/t29-,30+,31-,32+,33-,35+,38-,39+,40+,41-/m0/s1. The van der Waals surface area contributed by atoms with Crippen LogP contribution in [0.2, 0.25) is 0 Å². The number of carboxylic acid groups (broad SMARTS) is 1. The Kier molecular flexibility index (Phi) is 8.40. The second kappa shape index (κ2) is 11.6. The van der Waals surface area contributed by atoms with Crippen molar-refractivity contribution in [3.05, 3.63) is 48.1 Å². The number of carbonyl (C=O) groups excluding carboxylic acids is 2. The van der Waals surface area contributed by atoms with E-state index in [0.717, 1.165) is 69.8 Å². The molecule has 0 amide bonds. The highest BCUT2D eigenvalue weighted by Crippen LogP contribution is 2.77. The first-order chi connectivity index (χ1) is 22.0. The molecule has 0 aromatic heterocycles. The number of allylic oxidation sites excluding steroid dienone is 1. The van der Waals surface area contributed by atoms with Crippen LogP contribution in [0.1, 0.15) is 118 Å². The quantitative estimate of drug-likeness (QED) is 0.144. The molecule has 5 aliphatic carbocycles. The minimum absolute atomic E-state index is 0.0974. The Morgan fingerprint density at radius 2 is 1.53 bits per heavy atom. The number of hydrogen-bond donors (Lipinski definition) is 1. The molecule has 256 valence electrons. The lowest BCUT2D eigenvalue weighted by molar-refractivity contribution is -0.250. The monoisotopic (exact) mass is 644 g/mol. The molecule has 47 heavy (non-hydrogen) atoms. The summed E-state index contributed by atoms with van der Waals surface area (Å²) in [6.45, 7) is 20.2. The molecular weight excluding hydrogens is 588 g/mol. The first kappa shape index (κ1) is 34.0. The van der Waals surface area contributed by atoms with Crippen molar-refractivity contribution in [2.24, 2.45) is 56.7 Å². The third kappa shape index (κ3) is 5.14. The van der Waals surface area contributed by atoms with Gasteiger partial charge in [0.2, 0.25) is 0 Å². The fourth-order valence-corrected chi connectivity index (χ4v) is 12.9. The smallest absolute Gasteiger partial charge is 0.331 e. The molecule has 5 aliphatic rings. The van der Waals surface area contributed by atoms with Gasteiger partial charge in [0, 0.05) is 18.4 Å². The van der Waals surface area contributed by atoms with Crippen molar-refractivity contribution in [2.45, 2.75) is 119 Å². The molecule has 6 heteroatoms. The summed E-state index contributed by atoms with van der Waals surface area (Å²) in [5.74, 6) is 1.11. The number of esters is 2. The van der Waals surface area contributed by atoms with Crippen molar-refractivity contribution in [2.75, 3.05) is 0 Å². The number of ether oxygens (including phenoxy) is 2. The molecule has 0 saturated heterocycles. The van der Waals surface area contributed by atoms with Crippen molar-refractivity contribution < 1.29 is 29.0 Å². The van der Waals surface area contributed by atoms with Crippen LogP contribution in [0.15, 0.2) is 42.5 Å².